The van der Waals surface area contributed by atoms with Crippen LogP contribution < -0.4 is 0 Å². The molecular weight excluding hydrogens is 176 g/mol. The summed E-state index contributed by atoms with van der Waals surface area (Å²) in [6, 6.07) is 0. The minimum absolute atomic E-state index is 0.191. The molecule has 2 aliphatic rings. The molecule has 0 aromatic carbocycles. The number of hydrogen-bond donors (Lipinski definition) is 0. The molecule has 2 aliphatic carbocycles. The number of hydrogen-bond acceptors (Lipinski definition) is 2. The summed E-state index contributed by atoms with van der Waals surface area (Å²) in [4.78, 5) is 23.8. The summed E-state index contributed by atoms with van der Waals surface area (Å²) in [5.74, 6) is 0.829. The Morgan fingerprint density at radius 2 is 1.29 bits per heavy atom. The van der Waals surface area contributed by atoms with Crippen molar-refractivity contribution >= 4 is 11.6 Å². The number of carbonyl (C=O) groups excluding carboxylic acids is 2. The quantitative estimate of drug-likeness (QED) is 0.629. The third-order valence-electron chi connectivity index (χ3n) is 3.24. The maximum absolute atomic E-state index is 11.9. The van der Waals surface area contributed by atoms with Crippen molar-refractivity contribution in [3.63, 3.8) is 0 Å². The zero-order valence-electron chi connectivity index (χ0n) is 8.95. The van der Waals surface area contributed by atoms with E-state index < -0.39 is 0 Å². The molecule has 0 aromatic heterocycles. The Hall–Kier alpha value is -0.660. The molecule has 2 saturated carbocycles. The number of carbonyl (C=O) groups is 2. The van der Waals surface area contributed by atoms with Crippen LogP contribution in [0.5, 0.6) is 0 Å². The van der Waals surface area contributed by atoms with Crippen LogP contribution in [0.1, 0.15) is 39.5 Å². The van der Waals surface area contributed by atoms with Crippen LogP contribution in [0.4, 0.5) is 0 Å². The van der Waals surface area contributed by atoms with Crippen molar-refractivity contribution in [3.8, 4) is 0 Å². The maximum atomic E-state index is 11.9. The molecule has 0 atom stereocenters. The third kappa shape index (κ3) is 1.89. The molecule has 0 unspecified atom stereocenters. The second-order valence-corrected chi connectivity index (χ2v) is 5.07. The molecule has 0 aliphatic heterocycles. The topological polar surface area (TPSA) is 34.1 Å². The first kappa shape index (κ1) is 9.88. The largest absolute Gasteiger partial charge is 0.299 e. The first-order valence-corrected chi connectivity index (χ1v) is 5.68. The molecule has 2 heteroatoms. The molecule has 78 valence electrons. The second-order valence-electron chi connectivity index (χ2n) is 5.07. The Bertz CT molecular complexity index is 235. The van der Waals surface area contributed by atoms with Crippen LogP contribution in [0.3, 0.4) is 0 Å². The van der Waals surface area contributed by atoms with Gasteiger partial charge in [-0.05, 0) is 31.6 Å². The Labute approximate surface area is 85.1 Å². The van der Waals surface area contributed by atoms with E-state index in [4.69, 9.17) is 0 Å². The van der Waals surface area contributed by atoms with Crippen molar-refractivity contribution in [1.82, 2.24) is 0 Å². The molecule has 0 saturated heterocycles. The molecule has 0 radical (unpaired) electrons. The molecule has 0 aromatic rings. The molecular formula is C12H18O2. The van der Waals surface area contributed by atoms with Gasteiger partial charge in [0.1, 0.15) is 11.6 Å². The molecule has 14 heavy (non-hydrogen) atoms. The zero-order chi connectivity index (χ0) is 10.3. The van der Waals surface area contributed by atoms with Crippen molar-refractivity contribution in [3.05, 3.63) is 0 Å². The van der Waals surface area contributed by atoms with Gasteiger partial charge in [0.15, 0.2) is 0 Å². The summed E-state index contributed by atoms with van der Waals surface area (Å²) in [5, 5.41) is 0. The zero-order valence-corrected chi connectivity index (χ0v) is 8.95. The van der Waals surface area contributed by atoms with E-state index in [0.717, 1.165) is 25.7 Å². The highest BCUT2D eigenvalue weighted by atomic mass is 16.2. The second kappa shape index (κ2) is 3.48. The van der Waals surface area contributed by atoms with Crippen LogP contribution in [0.2, 0.25) is 0 Å². The van der Waals surface area contributed by atoms with E-state index >= 15 is 0 Å². The Kier molecular flexibility index (Phi) is 2.46. The summed E-state index contributed by atoms with van der Waals surface area (Å²) in [6.07, 6.45) is 4.06. The lowest BCUT2D eigenvalue weighted by Crippen LogP contribution is -2.31. The maximum Gasteiger partial charge on any atom is 0.146 e. The van der Waals surface area contributed by atoms with Crippen molar-refractivity contribution in [1.29, 1.82) is 0 Å². The monoisotopic (exact) mass is 194 g/mol. The van der Waals surface area contributed by atoms with Crippen LogP contribution in [0, 0.1) is 23.7 Å². The summed E-state index contributed by atoms with van der Waals surface area (Å²) in [6.45, 7) is 3.98. The van der Waals surface area contributed by atoms with Crippen LogP contribution in [-0.4, -0.2) is 11.6 Å². The number of rotatable bonds is 5. The average Bonchev–Trinajstić information content (AvgIpc) is 2.98. The minimum atomic E-state index is -0.282. The Morgan fingerprint density at radius 3 is 1.50 bits per heavy atom. The highest BCUT2D eigenvalue weighted by Crippen LogP contribution is 2.39. The van der Waals surface area contributed by atoms with Crippen LogP contribution in [0.25, 0.3) is 0 Å². The van der Waals surface area contributed by atoms with E-state index in [0.29, 0.717) is 0 Å². The lowest BCUT2D eigenvalue weighted by Gasteiger charge is -2.17. The van der Waals surface area contributed by atoms with E-state index in [1.807, 2.05) is 13.8 Å². The van der Waals surface area contributed by atoms with Gasteiger partial charge in [-0.1, -0.05) is 13.8 Å². The fourth-order valence-electron chi connectivity index (χ4n) is 2.04. The third-order valence-corrected chi connectivity index (χ3v) is 3.24. The van der Waals surface area contributed by atoms with Gasteiger partial charge in [0.05, 0.1) is 5.92 Å². The highest BCUT2D eigenvalue weighted by Gasteiger charge is 2.44. The highest BCUT2D eigenvalue weighted by molar-refractivity contribution is 6.05. The summed E-state index contributed by atoms with van der Waals surface area (Å²) in [7, 11) is 0. The summed E-state index contributed by atoms with van der Waals surface area (Å²) < 4.78 is 0. The predicted molar refractivity (Wildman–Crippen MR) is 53.8 cm³/mol. The Morgan fingerprint density at radius 1 is 0.929 bits per heavy atom. The van der Waals surface area contributed by atoms with Gasteiger partial charge in [0.2, 0.25) is 0 Å². The van der Waals surface area contributed by atoms with Gasteiger partial charge in [-0.3, -0.25) is 9.59 Å². The smallest absolute Gasteiger partial charge is 0.146 e. The standard InChI is InChI=1S/C12H18O2/c1-7(2)10(11(13)8-3-4-8)12(14)9-5-6-9/h7-10H,3-6H2,1-2H3. The van der Waals surface area contributed by atoms with Gasteiger partial charge in [-0.15, -0.1) is 0 Å². The van der Waals surface area contributed by atoms with E-state index in [-0.39, 0.29) is 35.2 Å². The van der Waals surface area contributed by atoms with E-state index in [1.165, 1.54) is 0 Å². The first-order valence-electron chi connectivity index (χ1n) is 5.68. The lowest BCUT2D eigenvalue weighted by atomic mass is 9.84. The molecule has 2 rings (SSSR count). The molecule has 0 spiro atoms. The summed E-state index contributed by atoms with van der Waals surface area (Å²) in [5.41, 5.74) is 0. The van der Waals surface area contributed by atoms with Crippen molar-refractivity contribution < 1.29 is 9.59 Å². The lowest BCUT2D eigenvalue weighted by molar-refractivity contribution is -0.136. The Balaban J connectivity index is 2.05. The number of Topliss-reactive ketones (excluding diaryl/α,β-unsaturated/α-hetero) is 2. The van der Waals surface area contributed by atoms with Gasteiger partial charge in [0.25, 0.3) is 0 Å². The van der Waals surface area contributed by atoms with Gasteiger partial charge >= 0.3 is 0 Å². The normalized spacial score (nSPS) is 21.7. The molecule has 2 nitrogen and oxygen atoms in total. The fourth-order valence-corrected chi connectivity index (χ4v) is 2.04. The van der Waals surface area contributed by atoms with E-state index in [2.05, 4.69) is 0 Å². The van der Waals surface area contributed by atoms with Gasteiger partial charge in [0, 0.05) is 11.8 Å². The van der Waals surface area contributed by atoms with Crippen LogP contribution in [0.15, 0.2) is 0 Å². The van der Waals surface area contributed by atoms with Gasteiger partial charge < -0.3 is 0 Å². The van der Waals surface area contributed by atoms with Crippen molar-refractivity contribution in [2.24, 2.45) is 23.7 Å². The molecule has 0 bridgehead atoms. The van der Waals surface area contributed by atoms with Crippen LogP contribution >= 0.6 is 0 Å². The van der Waals surface area contributed by atoms with Gasteiger partial charge in [-0.25, -0.2) is 0 Å². The van der Waals surface area contributed by atoms with E-state index in [9.17, 15) is 9.59 Å². The molecule has 0 amide bonds. The molecule has 2 fully saturated rings. The van der Waals surface area contributed by atoms with Gasteiger partial charge in [-0.2, -0.15) is 0 Å². The van der Waals surface area contributed by atoms with Crippen molar-refractivity contribution in [2.75, 3.05) is 0 Å². The predicted octanol–water partition coefficient (Wildman–Crippen LogP) is 2.22. The minimum Gasteiger partial charge on any atom is -0.299 e. The van der Waals surface area contributed by atoms with E-state index in [1.54, 1.807) is 0 Å². The molecule has 0 N–H and O–H groups in total. The fraction of sp³-hybridized carbons (Fsp3) is 0.833. The SMILES string of the molecule is CC(C)C(C(=O)C1CC1)C(=O)C1CC1. The van der Waals surface area contributed by atoms with Crippen LogP contribution in [-0.2, 0) is 9.59 Å². The first-order chi connectivity index (χ1) is 6.61. The molecule has 0 heterocycles. The van der Waals surface area contributed by atoms with Crippen molar-refractivity contribution in [2.45, 2.75) is 39.5 Å². The summed E-state index contributed by atoms with van der Waals surface area (Å²) >= 11 is 0. The average molecular weight is 194 g/mol. The number of ketones is 2.